The van der Waals surface area contributed by atoms with E-state index < -0.39 is 10.8 Å². The lowest BCUT2D eigenvalue weighted by atomic mass is 9.74. The van der Waals surface area contributed by atoms with Crippen molar-refractivity contribution in [3.63, 3.8) is 0 Å². The van der Waals surface area contributed by atoms with Gasteiger partial charge in [-0.05, 0) is 6.42 Å². The normalized spacial score (nSPS) is 12.1. The molecule has 0 spiro atoms. The average Bonchev–Trinajstić information content (AvgIpc) is 2.15. The lowest BCUT2D eigenvalue weighted by Gasteiger charge is -2.32. The summed E-state index contributed by atoms with van der Waals surface area (Å²) in [5, 5.41) is 2.60. The van der Waals surface area contributed by atoms with Crippen LogP contribution in [-0.4, -0.2) is 26.0 Å². The van der Waals surface area contributed by atoms with Gasteiger partial charge in [0.15, 0.2) is 0 Å². The van der Waals surface area contributed by atoms with Crippen molar-refractivity contribution >= 4 is 11.8 Å². The second-order valence-electron chi connectivity index (χ2n) is 5.16. The molecule has 0 bridgehead atoms. The molecule has 0 aromatic heterocycles. The predicted octanol–water partition coefficient (Wildman–Crippen LogP) is 0.853. The Bertz CT molecular complexity index is 272. The summed E-state index contributed by atoms with van der Waals surface area (Å²) in [5.74, 6) is -0.308. The lowest BCUT2D eigenvalue weighted by Crippen LogP contribution is -2.43. The molecule has 2 amide bonds. The first-order chi connectivity index (χ1) is 7.17. The molecular formula is C11H22N2O3. The SMILES string of the molecule is CNC(=O)C(C)(C)CC(C)(C)C(=O)NOC. The molecule has 0 rings (SSSR count). The maximum atomic E-state index is 11.7. The minimum atomic E-state index is -0.661. The minimum Gasteiger partial charge on any atom is -0.359 e. The van der Waals surface area contributed by atoms with E-state index in [0.29, 0.717) is 6.42 Å². The van der Waals surface area contributed by atoms with Crippen LogP contribution in [0.5, 0.6) is 0 Å². The Kier molecular flexibility index (Phi) is 4.93. The van der Waals surface area contributed by atoms with Gasteiger partial charge in [-0.1, -0.05) is 27.7 Å². The molecular weight excluding hydrogens is 208 g/mol. The highest BCUT2D eigenvalue weighted by Crippen LogP contribution is 2.33. The number of rotatable bonds is 5. The third kappa shape index (κ3) is 3.81. The van der Waals surface area contributed by atoms with Crippen LogP contribution in [0.2, 0.25) is 0 Å². The monoisotopic (exact) mass is 230 g/mol. The molecule has 0 saturated carbocycles. The van der Waals surface area contributed by atoms with Crippen molar-refractivity contribution in [1.29, 1.82) is 0 Å². The summed E-state index contributed by atoms with van der Waals surface area (Å²) in [4.78, 5) is 27.9. The van der Waals surface area contributed by atoms with E-state index in [0.717, 1.165) is 0 Å². The number of hydroxylamine groups is 1. The van der Waals surface area contributed by atoms with Gasteiger partial charge in [-0.15, -0.1) is 0 Å². The second kappa shape index (κ2) is 5.30. The number of carbonyl (C=O) groups excluding carboxylic acids is 2. The fourth-order valence-corrected chi connectivity index (χ4v) is 1.83. The largest absolute Gasteiger partial charge is 0.359 e. The molecule has 0 aliphatic heterocycles. The Labute approximate surface area is 96.9 Å². The Balaban J connectivity index is 4.69. The Morgan fingerprint density at radius 3 is 1.88 bits per heavy atom. The van der Waals surface area contributed by atoms with Crippen molar-refractivity contribution in [2.75, 3.05) is 14.2 Å². The van der Waals surface area contributed by atoms with Gasteiger partial charge >= 0.3 is 0 Å². The van der Waals surface area contributed by atoms with Gasteiger partial charge < -0.3 is 5.32 Å². The molecule has 5 heteroatoms. The maximum absolute atomic E-state index is 11.7. The van der Waals surface area contributed by atoms with E-state index in [4.69, 9.17) is 0 Å². The molecule has 16 heavy (non-hydrogen) atoms. The molecule has 0 aromatic rings. The van der Waals surface area contributed by atoms with Crippen LogP contribution in [0.15, 0.2) is 0 Å². The maximum Gasteiger partial charge on any atom is 0.249 e. The molecule has 0 atom stereocenters. The number of carbonyl (C=O) groups is 2. The first-order valence-corrected chi connectivity index (χ1v) is 5.23. The quantitative estimate of drug-likeness (QED) is 0.688. The highest BCUT2D eigenvalue weighted by molar-refractivity contribution is 5.85. The van der Waals surface area contributed by atoms with Gasteiger partial charge in [0.2, 0.25) is 11.8 Å². The van der Waals surface area contributed by atoms with Crippen molar-refractivity contribution in [2.45, 2.75) is 34.1 Å². The summed E-state index contributed by atoms with van der Waals surface area (Å²) in [5.41, 5.74) is 1.04. The van der Waals surface area contributed by atoms with Gasteiger partial charge in [-0.25, -0.2) is 5.48 Å². The molecule has 2 N–H and O–H groups in total. The van der Waals surface area contributed by atoms with E-state index in [1.54, 1.807) is 20.9 Å². The van der Waals surface area contributed by atoms with Crippen LogP contribution in [0, 0.1) is 10.8 Å². The van der Waals surface area contributed by atoms with Crippen molar-refractivity contribution in [3.8, 4) is 0 Å². The fourth-order valence-electron chi connectivity index (χ4n) is 1.83. The number of hydrogen-bond donors (Lipinski definition) is 2. The Hall–Kier alpha value is -1.10. The highest BCUT2D eigenvalue weighted by Gasteiger charge is 2.38. The molecule has 0 radical (unpaired) electrons. The summed E-state index contributed by atoms with van der Waals surface area (Å²) < 4.78 is 0. The van der Waals surface area contributed by atoms with Gasteiger partial charge in [0.25, 0.3) is 0 Å². The summed E-state index contributed by atoms with van der Waals surface area (Å²) in [6, 6.07) is 0. The lowest BCUT2D eigenvalue weighted by molar-refractivity contribution is -0.143. The number of hydrogen-bond acceptors (Lipinski definition) is 3. The van der Waals surface area contributed by atoms with Crippen LogP contribution in [0.3, 0.4) is 0 Å². The molecule has 0 aliphatic rings. The first-order valence-electron chi connectivity index (χ1n) is 5.23. The molecule has 0 fully saturated rings. The molecule has 0 heterocycles. The molecule has 0 saturated heterocycles. The zero-order chi connectivity index (χ0) is 13.0. The first kappa shape index (κ1) is 14.9. The van der Waals surface area contributed by atoms with Crippen LogP contribution in [0.1, 0.15) is 34.1 Å². The van der Waals surface area contributed by atoms with E-state index in [-0.39, 0.29) is 11.8 Å². The van der Waals surface area contributed by atoms with Crippen LogP contribution in [0.25, 0.3) is 0 Å². The fraction of sp³-hybridized carbons (Fsp3) is 0.818. The van der Waals surface area contributed by atoms with E-state index in [1.807, 2.05) is 13.8 Å². The van der Waals surface area contributed by atoms with Gasteiger partial charge in [0.05, 0.1) is 7.11 Å². The highest BCUT2D eigenvalue weighted by atomic mass is 16.6. The van der Waals surface area contributed by atoms with Crippen molar-refractivity contribution in [2.24, 2.45) is 10.8 Å². The van der Waals surface area contributed by atoms with Crippen LogP contribution in [-0.2, 0) is 14.4 Å². The summed E-state index contributed by atoms with van der Waals surface area (Å²) >= 11 is 0. The third-order valence-corrected chi connectivity index (χ3v) is 2.54. The summed E-state index contributed by atoms with van der Waals surface area (Å²) in [6.45, 7) is 7.19. The zero-order valence-corrected chi connectivity index (χ0v) is 10.9. The molecule has 0 aromatic carbocycles. The van der Waals surface area contributed by atoms with Crippen molar-refractivity contribution in [3.05, 3.63) is 0 Å². The molecule has 0 aliphatic carbocycles. The molecule has 5 nitrogen and oxygen atoms in total. The smallest absolute Gasteiger partial charge is 0.249 e. The van der Waals surface area contributed by atoms with E-state index in [2.05, 4.69) is 15.6 Å². The predicted molar refractivity (Wildman–Crippen MR) is 61.4 cm³/mol. The molecule has 0 unspecified atom stereocenters. The van der Waals surface area contributed by atoms with Gasteiger partial charge in [-0.3, -0.25) is 14.4 Å². The molecule has 94 valence electrons. The second-order valence-corrected chi connectivity index (χ2v) is 5.16. The number of nitrogens with one attached hydrogen (secondary N) is 2. The van der Waals surface area contributed by atoms with Gasteiger partial charge in [-0.2, -0.15) is 0 Å². The Morgan fingerprint density at radius 1 is 1.06 bits per heavy atom. The standard InChI is InChI=1S/C11H22N2O3/c1-10(2,8(14)12-5)7-11(3,4)9(15)13-16-6/h7H2,1-6H3,(H,12,14)(H,13,15). The van der Waals surface area contributed by atoms with Crippen molar-refractivity contribution < 1.29 is 14.4 Å². The summed E-state index contributed by atoms with van der Waals surface area (Å²) in [7, 11) is 2.98. The summed E-state index contributed by atoms with van der Waals surface area (Å²) in [6.07, 6.45) is 0.439. The van der Waals surface area contributed by atoms with Crippen LogP contribution >= 0.6 is 0 Å². The topological polar surface area (TPSA) is 67.4 Å². The Morgan fingerprint density at radius 2 is 1.50 bits per heavy atom. The number of amides is 2. The van der Waals surface area contributed by atoms with Crippen LogP contribution in [0.4, 0.5) is 0 Å². The van der Waals surface area contributed by atoms with Gasteiger partial charge in [0.1, 0.15) is 0 Å². The van der Waals surface area contributed by atoms with E-state index in [1.165, 1.54) is 7.11 Å². The van der Waals surface area contributed by atoms with E-state index >= 15 is 0 Å². The van der Waals surface area contributed by atoms with Gasteiger partial charge in [0, 0.05) is 17.9 Å². The van der Waals surface area contributed by atoms with Crippen LogP contribution < -0.4 is 10.8 Å². The van der Waals surface area contributed by atoms with E-state index in [9.17, 15) is 9.59 Å². The third-order valence-electron chi connectivity index (χ3n) is 2.54. The average molecular weight is 230 g/mol. The zero-order valence-electron chi connectivity index (χ0n) is 10.9. The van der Waals surface area contributed by atoms with Crippen molar-refractivity contribution in [1.82, 2.24) is 10.8 Å². The minimum absolute atomic E-state index is 0.0780.